The number of nitrogens with two attached hydrogens (primary N) is 1. The number of nitrogens with one attached hydrogen (secondary N) is 3. The maximum Gasteiger partial charge on any atom is 0.200 e. The van der Waals surface area contributed by atoms with Gasteiger partial charge in [-0.25, -0.2) is 9.98 Å². The molecule has 8 heteroatoms. The number of guanidine groups is 1. The van der Waals surface area contributed by atoms with E-state index in [0.29, 0.717) is 11.9 Å². The minimum absolute atomic E-state index is 0.0162. The van der Waals surface area contributed by atoms with Gasteiger partial charge in [-0.15, -0.1) is 0 Å². The summed E-state index contributed by atoms with van der Waals surface area (Å²) >= 11 is 0. The van der Waals surface area contributed by atoms with Crippen molar-refractivity contribution in [3.05, 3.63) is 59.8 Å². The second-order valence-electron chi connectivity index (χ2n) is 7.65. The molecule has 0 aromatic carbocycles. The average molecular weight is 376 g/mol. The largest absolute Gasteiger partial charge is 0.360 e. The number of hydrogen-bond donors (Lipinski definition) is 4. The molecule has 144 valence electrons. The Morgan fingerprint density at radius 2 is 2.14 bits per heavy atom. The molecule has 1 aliphatic carbocycles. The van der Waals surface area contributed by atoms with Gasteiger partial charge in [0.05, 0.1) is 22.8 Å². The number of nitrogens with zero attached hydrogens (tertiary/aromatic N) is 4. The van der Waals surface area contributed by atoms with E-state index in [1.54, 1.807) is 0 Å². The molecule has 1 fully saturated rings. The summed E-state index contributed by atoms with van der Waals surface area (Å²) in [5, 5.41) is 10.8. The van der Waals surface area contributed by atoms with Crippen LogP contribution in [0.15, 0.2) is 47.7 Å². The standard InChI is InChI=1S/C20H24N8/c1-12(14-5-6-15-16(24-14)7-9-22-15)28(2)19-23-10-8-20(21,25-19)18-11-17(26-27-18)13-3-4-13/h5-13,22H,3-4,21H2,1-2H3,(H,23,25)(H,26,27)/t12-,20?/m1/s1. The minimum Gasteiger partial charge on any atom is -0.360 e. The predicted octanol–water partition coefficient (Wildman–Crippen LogP) is 2.44. The molecule has 0 bridgehead atoms. The van der Waals surface area contributed by atoms with Gasteiger partial charge < -0.3 is 15.2 Å². The third-order valence-corrected chi connectivity index (χ3v) is 5.64. The first-order valence-corrected chi connectivity index (χ1v) is 9.59. The molecular formula is C20H24N8. The van der Waals surface area contributed by atoms with E-state index in [-0.39, 0.29) is 6.04 Å². The van der Waals surface area contributed by atoms with Gasteiger partial charge in [-0.3, -0.25) is 10.8 Å². The van der Waals surface area contributed by atoms with Crippen LogP contribution in [0.4, 0.5) is 0 Å². The smallest absolute Gasteiger partial charge is 0.200 e. The Labute approximate surface area is 162 Å². The van der Waals surface area contributed by atoms with E-state index in [1.165, 1.54) is 12.8 Å². The maximum absolute atomic E-state index is 6.60. The van der Waals surface area contributed by atoms with Gasteiger partial charge in [-0.2, -0.15) is 5.10 Å². The molecule has 1 unspecified atom stereocenters. The molecule has 8 nitrogen and oxygen atoms in total. The van der Waals surface area contributed by atoms with Gasteiger partial charge in [0.1, 0.15) is 5.69 Å². The highest BCUT2D eigenvalue weighted by Gasteiger charge is 2.34. The van der Waals surface area contributed by atoms with Crippen molar-refractivity contribution in [3.63, 3.8) is 0 Å². The first-order chi connectivity index (χ1) is 13.5. The number of aromatic nitrogens is 4. The molecule has 0 amide bonds. The van der Waals surface area contributed by atoms with Gasteiger partial charge >= 0.3 is 0 Å². The molecule has 2 atom stereocenters. The number of pyridine rings is 1. The molecule has 5 N–H and O–H groups in total. The summed E-state index contributed by atoms with van der Waals surface area (Å²) in [5.74, 6) is 1.28. The fourth-order valence-corrected chi connectivity index (χ4v) is 3.52. The van der Waals surface area contributed by atoms with E-state index in [4.69, 9.17) is 15.7 Å². The van der Waals surface area contributed by atoms with Crippen LogP contribution in [0, 0.1) is 0 Å². The Morgan fingerprint density at radius 3 is 2.96 bits per heavy atom. The lowest BCUT2D eigenvalue weighted by Crippen LogP contribution is -2.46. The van der Waals surface area contributed by atoms with E-state index in [9.17, 15) is 0 Å². The quantitative estimate of drug-likeness (QED) is 0.559. The average Bonchev–Trinajstić information content (AvgIpc) is 3.24. The fourth-order valence-electron chi connectivity index (χ4n) is 3.52. The molecule has 4 heterocycles. The summed E-state index contributed by atoms with van der Waals surface area (Å²) < 4.78 is 0. The molecule has 3 aromatic heterocycles. The molecule has 1 saturated carbocycles. The van der Waals surface area contributed by atoms with Crippen molar-refractivity contribution in [2.75, 3.05) is 7.05 Å². The van der Waals surface area contributed by atoms with Crippen LogP contribution in [0.5, 0.6) is 0 Å². The Hall–Kier alpha value is -3.13. The fraction of sp³-hybridized carbons (Fsp3) is 0.350. The van der Waals surface area contributed by atoms with Crippen molar-refractivity contribution in [2.45, 2.75) is 37.4 Å². The molecule has 0 radical (unpaired) electrons. The van der Waals surface area contributed by atoms with E-state index in [0.717, 1.165) is 28.1 Å². The summed E-state index contributed by atoms with van der Waals surface area (Å²) in [6.45, 7) is 2.10. The van der Waals surface area contributed by atoms with E-state index in [2.05, 4.69) is 27.4 Å². The van der Waals surface area contributed by atoms with Crippen LogP contribution in [0.1, 0.15) is 48.8 Å². The van der Waals surface area contributed by atoms with Gasteiger partial charge in [0, 0.05) is 31.1 Å². The zero-order valence-electron chi connectivity index (χ0n) is 16.0. The summed E-state index contributed by atoms with van der Waals surface area (Å²) in [4.78, 5) is 14.8. The van der Waals surface area contributed by atoms with Crippen molar-refractivity contribution < 1.29 is 0 Å². The number of fused-ring (bicyclic) bond motifs is 1. The highest BCUT2D eigenvalue weighted by atomic mass is 15.3. The Balaban J connectivity index is 1.42. The molecule has 3 aromatic rings. The molecule has 2 aliphatic rings. The molecule has 28 heavy (non-hydrogen) atoms. The number of hydrogen-bond acceptors (Lipinski definition) is 6. The number of aromatic amines is 2. The molecule has 5 rings (SSSR count). The van der Waals surface area contributed by atoms with E-state index in [1.807, 2.05) is 54.7 Å². The maximum atomic E-state index is 6.60. The summed E-state index contributed by atoms with van der Waals surface area (Å²) in [7, 11) is 1.99. The second-order valence-corrected chi connectivity index (χ2v) is 7.65. The lowest BCUT2D eigenvalue weighted by Gasteiger charge is -2.32. The lowest BCUT2D eigenvalue weighted by molar-refractivity contribution is 0.374. The van der Waals surface area contributed by atoms with Gasteiger partial charge in [-0.05, 0) is 50.1 Å². The van der Waals surface area contributed by atoms with Crippen LogP contribution < -0.4 is 11.1 Å². The third kappa shape index (κ3) is 2.86. The summed E-state index contributed by atoms with van der Waals surface area (Å²) in [6, 6.07) is 8.12. The highest BCUT2D eigenvalue weighted by Crippen LogP contribution is 2.40. The van der Waals surface area contributed by atoms with Crippen LogP contribution in [0.25, 0.3) is 11.0 Å². The second kappa shape index (κ2) is 6.20. The van der Waals surface area contributed by atoms with Crippen LogP contribution in [0.3, 0.4) is 0 Å². The molecular weight excluding hydrogens is 352 g/mol. The topological polar surface area (TPSA) is 111 Å². The third-order valence-electron chi connectivity index (χ3n) is 5.64. The number of H-pyrrole nitrogens is 2. The van der Waals surface area contributed by atoms with Crippen molar-refractivity contribution in [2.24, 2.45) is 10.7 Å². The zero-order valence-corrected chi connectivity index (χ0v) is 16.0. The SMILES string of the molecule is C[C@H](c1ccc2[nH]ccc2n1)N(C)C1=NC(N)(c2cc(C3CC3)[nH]n2)C=CN1. The minimum atomic E-state index is -0.990. The van der Waals surface area contributed by atoms with Crippen molar-refractivity contribution in [1.29, 1.82) is 0 Å². The number of rotatable bonds is 4. The summed E-state index contributed by atoms with van der Waals surface area (Å²) in [6.07, 6.45) is 8.00. The molecule has 0 spiro atoms. The Bertz CT molecular complexity index is 1070. The van der Waals surface area contributed by atoms with Crippen LogP contribution >= 0.6 is 0 Å². The highest BCUT2D eigenvalue weighted by molar-refractivity contribution is 5.83. The van der Waals surface area contributed by atoms with Crippen molar-refractivity contribution in [1.82, 2.24) is 30.4 Å². The number of aliphatic imine (C=N–C) groups is 1. The Kier molecular flexibility index (Phi) is 3.77. The molecule has 0 saturated heterocycles. The molecule has 1 aliphatic heterocycles. The zero-order chi connectivity index (χ0) is 19.3. The van der Waals surface area contributed by atoms with E-state index >= 15 is 0 Å². The van der Waals surface area contributed by atoms with Crippen LogP contribution in [0.2, 0.25) is 0 Å². The normalized spacial score (nSPS) is 22.8. The van der Waals surface area contributed by atoms with Gasteiger partial charge in [0.2, 0.25) is 5.96 Å². The van der Waals surface area contributed by atoms with Crippen molar-refractivity contribution in [3.8, 4) is 0 Å². The van der Waals surface area contributed by atoms with Gasteiger partial charge in [0.15, 0.2) is 5.66 Å². The van der Waals surface area contributed by atoms with Crippen LogP contribution in [-0.4, -0.2) is 38.1 Å². The monoisotopic (exact) mass is 376 g/mol. The first-order valence-electron chi connectivity index (χ1n) is 9.59. The predicted molar refractivity (Wildman–Crippen MR) is 108 cm³/mol. The van der Waals surface area contributed by atoms with Crippen molar-refractivity contribution >= 4 is 17.0 Å². The van der Waals surface area contributed by atoms with Gasteiger partial charge in [-0.1, -0.05) is 0 Å². The first kappa shape index (κ1) is 17.0. The lowest BCUT2D eigenvalue weighted by atomic mass is 10.1. The van der Waals surface area contributed by atoms with Crippen LogP contribution in [-0.2, 0) is 5.66 Å². The Morgan fingerprint density at radius 1 is 1.29 bits per heavy atom. The van der Waals surface area contributed by atoms with Gasteiger partial charge in [0.25, 0.3) is 0 Å². The van der Waals surface area contributed by atoms with E-state index < -0.39 is 5.66 Å². The summed E-state index contributed by atoms with van der Waals surface area (Å²) in [5.41, 5.74) is 10.4.